The van der Waals surface area contributed by atoms with E-state index in [4.69, 9.17) is 11.6 Å². The lowest BCUT2D eigenvalue weighted by atomic mass is 10.1. The maximum absolute atomic E-state index is 11.9. The zero-order valence-electron chi connectivity index (χ0n) is 10.0. The van der Waals surface area contributed by atoms with Crippen molar-refractivity contribution >= 4 is 23.5 Å². The molecule has 2 aromatic rings. The van der Waals surface area contributed by atoms with Crippen LogP contribution in [-0.2, 0) is 6.54 Å². The summed E-state index contributed by atoms with van der Waals surface area (Å²) in [4.78, 5) is 11.9. The average Bonchev–Trinajstić information content (AvgIpc) is 2.84. The number of carbonyl (C=O) groups excluding carboxylic acids is 1. The highest BCUT2D eigenvalue weighted by atomic mass is 35.5. The normalized spacial score (nSPS) is 11.0. The van der Waals surface area contributed by atoms with E-state index in [1.165, 1.54) is 0 Å². The van der Waals surface area contributed by atoms with Gasteiger partial charge < -0.3 is 0 Å². The van der Waals surface area contributed by atoms with Crippen molar-refractivity contribution in [1.82, 2.24) is 9.78 Å². The van der Waals surface area contributed by atoms with Gasteiger partial charge in [0.15, 0.2) is 5.78 Å². The first kappa shape index (κ1) is 12.6. The van der Waals surface area contributed by atoms with Gasteiger partial charge in [-0.15, -0.1) is 0 Å². The monoisotopic (exact) mass is 260 g/mol. The number of rotatable bonds is 4. The van der Waals surface area contributed by atoms with Crippen LogP contribution in [0.4, 0.5) is 0 Å². The van der Waals surface area contributed by atoms with Crippen molar-refractivity contribution in [2.45, 2.75) is 13.5 Å². The van der Waals surface area contributed by atoms with Crippen molar-refractivity contribution in [3.05, 3.63) is 58.9 Å². The highest BCUT2D eigenvalue weighted by Crippen LogP contribution is 2.11. The van der Waals surface area contributed by atoms with E-state index in [-0.39, 0.29) is 5.78 Å². The summed E-state index contributed by atoms with van der Waals surface area (Å²) in [5.74, 6) is -0.0458. The molecule has 2 rings (SSSR count). The lowest BCUT2D eigenvalue weighted by Gasteiger charge is -1.99. The molecule has 0 N–H and O–H groups in total. The molecule has 0 radical (unpaired) electrons. The Labute approximate surface area is 111 Å². The molecule has 0 amide bonds. The molecule has 0 saturated heterocycles. The van der Waals surface area contributed by atoms with Gasteiger partial charge in [0.1, 0.15) is 0 Å². The SMILES string of the molecule is CCn1nccc1/C=C/C(=O)c1ccc(Cl)cc1. The fourth-order valence-electron chi connectivity index (χ4n) is 1.62. The Kier molecular flexibility index (Phi) is 3.95. The number of aryl methyl sites for hydroxylation is 1. The largest absolute Gasteiger partial charge is 0.289 e. The second-order valence-electron chi connectivity index (χ2n) is 3.78. The first-order valence-electron chi connectivity index (χ1n) is 5.70. The number of hydrogen-bond acceptors (Lipinski definition) is 2. The summed E-state index contributed by atoms with van der Waals surface area (Å²) in [6.45, 7) is 2.78. The zero-order chi connectivity index (χ0) is 13.0. The van der Waals surface area contributed by atoms with Crippen molar-refractivity contribution in [3.8, 4) is 0 Å². The summed E-state index contributed by atoms with van der Waals surface area (Å²) in [6, 6.07) is 8.71. The third-order valence-corrected chi connectivity index (χ3v) is 2.84. The first-order chi connectivity index (χ1) is 8.70. The third kappa shape index (κ3) is 2.87. The minimum absolute atomic E-state index is 0.0458. The molecule has 0 aliphatic heterocycles. The minimum Gasteiger partial charge on any atom is -0.289 e. The predicted octanol–water partition coefficient (Wildman–Crippen LogP) is 3.45. The topological polar surface area (TPSA) is 34.9 Å². The van der Waals surface area contributed by atoms with Crippen LogP contribution in [0.15, 0.2) is 42.6 Å². The maximum atomic E-state index is 11.9. The number of halogens is 1. The molecule has 0 unspecified atom stereocenters. The minimum atomic E-state index is -0.0458. The fourth-order valence-corrected chi connectivity index (χ4v) is 1.75. The van der Waals surface area contributed by atoms with Crippen molar-refractivity contribution in [3.63, 3.8) is 0 Å². The number of nitrogens with zero attached hydrogens (tertiary/aromatic N) is 2. The van der Waals surface area contributed by atoms with Crippen LogP contribution in [-0.4, -0.2) is 15.6 Å². The maximum Gasteiger partial charge on any atom is 0.185 e. The molecule has 0 saturated carbocycles. The van der Waals surface area contributed by atoms with E-state index in [1.807, 2.05) is 17.7 Å². The molecule has 0 aliphatic rings. The molecule has 1 aromatic heterocycles. The van der Waals surface area contributed by atoms with Gasteiger partial charge in [0.05, 0.1) is 5.69 Å². The summed E-state index contributed by atoms with van der Waals surface area (Å²) in [5, 5.41) is 4.76. The standard InChI is InChI=1S/C14H13ClN2O/c1-2-17-13(9-10-16-17)7-8-14(18)11-3-5-12(15)6-4-11/h3-10H,2H2,1H3/b8-7+. The number of allylic oxidation sites excluding steroid dienone is 1. The van der Waals surface area contributed by atoms with Crippen LogP contribution in [0.3, 0.4) is 0 Å². The van der Waals surface area contributed by atoms with E-state index in [0.29, 0.717) is 10.6 Å². The van der Waals surface area contributed by atoms with Crippen molar-refractivity contribution < 1.29 is 4.79 Å². The van der Waals surface area contributed by atoms with Crippen LogP contribution in [0.2, 0.25) is 5.02 Å². The number of aromatic nitrogens is 2. The number of carbonyl (C=O) groups is 1. The van der Waals surface area contributed by atoms with E-state index in [2.05, 4.69) is 5.10 Å². The van der Waals surface area contributed by atoms with E-state index < -0.39 is 0 Å². The van der Waals surface area contributed by atoms with Gasteiger partial charge in [0.25, 0.3) is 0 Å². The molecular formula is C14H13ClN2O. The van der Waals surface area contributed by atoms with Gasteiger partial charge in [0, 0.05) is 23.3 Å². The molecule has 0 fully saturated rings. The molecule has 1 heterocycles. The Morgan fingerprint density at radius 1 is 1.33 bits per heavy atom. The lowest BCUT2D eigenvalue weighted by Crippen LogP contribution is -1.99. The summed E-state index contributed by atoms with van der Waals surface area (Å²) >= 11 is 5.77. The van der Waals surface area contributed by atoms with E-state index in [9.17, 15) is 4.79 Å². The summed E-state index contributed by atoms with van der Waals surface area (Å²) < 4.78 is 1.83. The Bertz CT molecular complexity index is 570. The first-order valence-corrected chi connectivity index (χ1v) is 6.08. The summed E-state index contributed by atoms with van der Waals surface area (Å²) in [5.41, 5.74) is 1.54. The van der Waals surface area contributed by atoms with Crippen molar-refractivity contribution in [2.24, 2.45) is 0 Å². The second kappa shape index (κ2) is 5.65. The predicted molar refractivity (Wildman–Crippen MR) is 72.7 cm³/mol. The van der Waals surface area contributed by atoms with E-state index in [1.54, 1.807) is 42.6 Å². The van der Waals surface area contributed by atoms with E-state index in [0.717, 1.165) is 12.2 Å². The number of ketones is 1. The zero-order valence-corrected chi connectivity index (χ0v) is 10.8. The average molecular weight is 261 g/mol. The molecule has 3 nitrogen and oxygen atoms in total. The van der Waals surface area contributed by atoms with Crippen LogP contribution >= 0.6 is 11.6 Å². The van der Waals surface area contributed by atoms with Crippen LogP contribution in [0, 0.1) is 0 Å². The molecule has 92 valence electrons. The van der Waals surface area contributed by atoms with Crippen LogP contribution in [0.5, 0.6) is 0 Å². The van der Waals surface area contributed by atoms with Crippen molar-refractivity contribution in [2.75, 3.05) is 0 Å². The Morgan fingerprint density at radius 2 is 2.06 bits per heavy atom. The Balaban J connectivity index is 2.14. The molecule has 0 spiro atoms. The van der Waals surface area contributed by atoms with Gasteiger partial charge >= 0.3 is 0 Å². The van der Waals surface area contributed by atoms with Crippen LogP contribution < -0.4 is 0 Å². The third-order valence-electron chi connectivity index (χ3n) is 2.58. The number of benzene rings is 1. The molecular weight excluding hydrogens is 248 g/mol. The Hall–Kier alpha value is -1.87. The van der Waals surface area contributed by atoms with Gasteiger partial charge in [-0.25, -0.2) is 0 Å². The summed E-state index contributed by atoms with van der Waals surface area (Å²) in [7, 11) is 0. The van der Waals surface area contributed by atoms with Crippen molar-refractivity contribution in [1.29, 1.82) is 0 Å². The number of hydrogen-bond donors (Lipinski definition) is 0. The fraction of sp³-hybridized carbons (Fsp3) is 0.143. The highest BCUT2D eigenvalue weighted by molar-refractivity contribution is 6.30. The molecule has 4 heteroatoms. The lowest BCUT2D eigenvalue weighted by molar-refractivity contribution is 0.104. The van der Waals surface area contributed by atoms with Gasteiger partial charge in [0.2, 0.25) is 0 Å². The molecule has 0 aliphatic carbocycles. The molecule has 1 aromatic carbocycles. The summed E-state index contributed by atoms with van der Waals surface area (Å²) in [6.07, 6.45) is 5.04. The van der Waals surface area contributed by atoms with Gasteiger partial charge in [-0.2, -0.15) is 5.10 Å². The molecule has 0 bridgehead atoms. The van der Waals surface area contributed by atoms with Crippen LogP contribution in [0.1, 0.15) is 23.0 Å². The quantitative estimate of drug-likeness (QED) is 0.623. The van der Waals surface area contributed by atoms with Gasteiger partial charge in [-0.3, -0.25) is 9.48 Å². The molecule has 18 heavy (non-hydrogen) atoms. The second-order valence-corrected chi connectivity index (χ2v) is 4.21. The smallest absolute Gasteiger partial charge is 0.185 e. The molecule has 0 atom stereocenters. The van der Waals surface area contributed by atoms with E-state index >= 15 is 0 Å². The highest BCUT2D eigenvalue weighted by Gasteiger charge is 2.02. The van der Waals surface area contributed by atoms with Gasteiger partial charge in [-0.1, -0.05) is 11.6 Å². The van der Waals surface area contributed by atoms with Crippen LogP contribution in [0.25, 0.3) is 6.08 Å². The Morgan fingerprint density at radius 3 is 2.72 bits per heavy atom. The van der Waals surface area contributed by atoms with Gasteiger partial charge in [-0.05, 0) is 49.4 Å².